The second-order valence-electron chi connectivity index (χ2n) is 5.72. The van der Waals surface area contributed by atoms with Gasteiger partial charge in [0.1, 0.15) is 0 Å². The molecule has 1 N–H and O–H groups in total. The Kier molecular flexibility index (Phi) is 3.86. The summed E-state index contributed by atoms with van der Waals surface area (Å²) in [4.78, 5) is 8.08. The Morgan fingerprint density at radius 2 is 1.64 bits per heavy atom. The summed E-state index contributed by atoms with van der Waals surface area (Å²) in [6.07, 6.45) is 3.85. The van der Waals surface area contributed by atoms with Gasteiger partial charge in [-0.3, -0.25) is 4.98 Å². The number of methoxy groups -OCH3 is 2. The van der Waals surface area contributed by atoms with Gasteiger partial charge < -0.3 is 14.5 Å². The maximum Gasteiger partial charge on any atom is 0.161 e. The van der Waals surface area contributed by atoms with Crippen LogP contribution in [-0.4, -0.2) is 24.2 Å². The predicted molar refractivity (Wildman–Crippen MR) is 100 cm³/mol. The Hall–Kier alpha value is -3.27. The molecule has 0 bridgehead atoms. The summed E-state index contributed by atoms with van der Waals surface area (Å²) in [6.45, 7) is 0. The van der Waals surface area contributed by atoms with Gasteiger partial charge in [-0.2, -0.15) is 0 Å². The number of aromatic nitrogens is 2. The van der Waals surface area contributed by atoms with E-state index in [0.29, 0.717) is 11.5 Å². The fraction of sp³-hybridized carbons (Fsp3) is 0.0952. The summed E-state index contributed by atoms with van der Waals surface area (Å²) in [5.41, 5.74) is 5.19. The third-order valence-corrected chi connectivity index (χ3v) is 4.34. The van der Waals surface area contributed by atoms with Crippen molar-refractivity contribution < 1.29 is 9.47 Å². The summed E-state index contributed by atoms with van der Waals surface area (Å²) in [5.74, 6) is 1.41. The van der Waals surface area contributed by atoms with E-state index in [1.807, 2.05) is 48.8 Å². The maximum atomic E-state index is 5.43. The highest BCUT2D eigenvalue weighted by Crippen LogP contribution is 2.36. The molecular weight excluding hydrogens is 312 g/mol. The molecule has 4 heteroatoms. The van der Waals surface area contributed by atoms with E-state index >= 15 is 0 Å². The van der Waals surface area contributed by atoms with Gasteiger partial charge in [-0.25, -0.2) is 0 Å². The summed E-state index contributed by atoms with van der Waals surface area (Å²) in [7, 11) is 3.28. The Labute approximate surface area is 146 Å². The summed E-state index contributed by atoms with van der Waals surface area (Å²) >= 11 is 0. The number of hydrogen-bond acceptors (Lipinski definition) is 3. The van der Waals surface area contributed by atoms with Gasteiger partial charge in [0.05, 0.1) is 25.4 Å². The molecule has 4 nitrogen and oxygen atoms in total. The number of rotatable bonds is 4. The second-order valence-corrected chi connectivity index (χ2v) is 5.72. The molecule has 0 saturated carbocycles. The molecule has 0 fully saturated rings. The molecule has 4 rings (SSSR count). The number of nitrogens with one attached hydrogen (secondary N) is 1. The van der Waals surface area contributed by atoms with Gasteiger partial charge in [-0.15, -0.1) is 0 Å². The lowest BCUT2D eigenvalue weighted by atomic mass is 10.0. The van der Waals surface area contributed by atoms with Crippen LogP contribution in [0, 0.1) is 0 Å². The lowest BCUT2D eigenvalue weighted by Gasteiger charge is -2.11. The largest absolute Gasteiger partial charge is 0.493 e. The van der Waals surface area contributed by atoms with E-state index < -0.39 is 0 Å². The minimum atomic E-state index is 0.701. The van der Waals surface area contributed by atoms with Crippen LogP contribution in [0.4, 0.5) is 0 Å². The normalized spacial score (nSPS) is 10.8. The zero-order valence-electron chi connectivity index (χ0n) is 14.1. The predicted octanol–water partition coefficient (Wildman–Crippen LogP) is 4.91. The Bertz CT molecular complexity index is 1020. The van der Waals surface area contributed by atoms with Crippen molar-refractivity contribution in [3.05, 3.63) is 67.0 Å². The topological polar surface area (TPSA) is 47.1 Å². The zero-order chi connectivity index (χ0) is 17.2. The minimum absolute atomic E-state index is 0.701. The van der Waals surface area contributed by atoms with Gasteiger partial charge in [0.2, 0.25) is 0 Å². The van der Waals surface area contributed by atoms with Crippen molar-refractivity contribution in [2.24, 2.45) is 0 Å². The molecule has 2 heterocycles. The number of hydrogen-bond donors (Lipinski definition) is 1. The Morgan fingerprint density at radius 3 is 2.40 bits per heavy atom. The molecule has 0 radical (unpaired) electrons. The lowest BCUT2D eigenvalue weighted by Crippen LogP contribution is -1.92. The molecule has 4 aromatic rings. The van der Waals surface area contributed by atoms with E-state index in [1.165, 1.54) is 0 Å². The van der Waals surface area contributed by atoms with Crippen molar-refractivity contribution in [1.29, 1.82) is 0 Å². The fourth-order valence-electron chi connectivity index (χ4n) is 3.10. The third kappa shape index (κ3) is 2.62. The number of nitrogens with zero attached hydrogens (tertiary/aromatic N) is 1. The number of aromatic amines is 1. The van der Waals surface area contributed by atoms with Crippen molar-refractivity contribution >= 4 is 10.9 Å². The molecule has 0 amide bonds. The lowest BCUT2D eigenvalue weighted by molar-refractivity contribution is 0.355. The van der Waals surface area contributed by atoms with Gasteiger partial charge in [0, 0.05) is 28.9 Å². The first-order valence-electron chi connectivity index (χ1n) is 8.05. The van der Waals surface area contributed by atoms with Crippen molar-refractivity contribution in [2.45, 2.75) is 0 Å². The van der Waals surface area contributed by atoms with Crippen molar-refractivity contribution in [3.8, 4) is 33.9 Å². The van der Waals surface area contributed by atoms with E-state index in [-0.39, 0.29) is 0 Å². The molecule has 0 aliphatic rings. The van der Waals surface area contributed by atoms with Gasteiger partial charge >= 0.3 is 0 Å². The molecule has 0 unspecified atom stereocenters. The fourth-order valence-corrected chi connectivity index (χ4v) is 3.10. The van der Waals surface area contributed by atoms with Crippen LogP contribution in [-0.2, 0) is 0 Å². The first-order valence-corrected chi connectivity index (χ1v) is 8.05. The Balaban J connectivity index is 1.89. The van der Waals surface area contributed by atoms with Crippen LogP contribution < -0.4 is 9.47 Å². The highest BCUT2D eigenvalue weighted by molar-refractivity contribution is 6.01. The molecule has 2 aromatic carbocycles. The van der Waals surface area contributed by atoms with E-state index in [2.05, 4.69) is 23.2 Å². The molecular formula is C21H18N2O2. The van der Waals surface area contributed by atoms with Gasteiger partial charge in [-0.05, 0) is 23.8 Å². The molecule has 0 aliphatic carbocycles. The number of H-pyrrole nitrogens is 1. The van der Waals surface area contributed by atoms with Crippen LogP contribution in [0.3, 0.4) is 0 Å². The van der Waals surface area contributed by atoms with E-state index in [1.54, 1.807) is 14.2 Å². The average molecular weight is 330 g/mol. The standard InChI is InChI=1S/C21H18N2O2/c1-24-18-9-8-15(12-19(18)25-2)17-13-23-20(14-6-4-3-5-7-14)16-10-11-22-21(16)17/h3-13,22H,1-2H3. The number of ether oxygens (including phenoxy) is 2. The van der Waals surface area contributed by atoms with Gasteiger partial charge in [0.15, 0.2) is 11.5 Å². The highest BCUT2D eigenvalue weighted by atomic mass is 16.5. The molecule has 2 aromatic heterocycles. The molecule has 0 aliphatic heterocycles. The monoisotopic (exact) mass is 330 g/mol. The molecule has 0 spiro atoms. The highest BCUT2D eigenvalue weighted by Gasteiger charge is 2.13. The summed E-state index contributed by atoms with van der Waals surface area (Å²) < 4.78 is 10.8. The van der Waals surface area contributed by atoms with E-state index in [4.69, 9.17) is 14.5 Å². The Morgan fingerprint density at radius 1 is 0.840 bits per heavy atom. The van der Waals surface area contributed by atoms with Crippen LogP contribution in [0.15, 0.2) is 67.0 Å². The van der Waals surface area contributed by atoms with Crippen molar-refractivity contribution in [3.63, 3.8) is 0 Å². The van der Waals surface area contributed by atoms with E-state index in [9.17, 15) is 0 Å². The second kappa shape index (κ2) is 6.32. The number of benzene rings is 2. The quantitative estimate of drug-likeness (QED) is 0.578. The van der Waals surface area contributed by atoms with Crippen LogP contribution in [0.25, 0.3) is 33.3 Å². The first kappa shape index (κ1) is 15.3. The number of fused-ring (bicyclic) bond motifs is 1. The molecule has 25 heavy (non-hydrogen) atoms. The summed E-state index contributed by atoms with van der Waals surface area (Å²) in [5, 5.41) is 1.10. The maximum absolute atomic E-state index is 5.43. The molecule has 124 valence electrons. The molecule has 0 saturated heterocycles. The van der Waals surface area contributed by atoms with Gasteiger partial charge in [0.25, 0.3) is 0 Å². The number of pyridine rings is 1. The van der Waals surface area contributed by atoms with E-state index in [0.717, 1.165) is 33.3 Å². The third-order valence-electron chi connectivity index (χ3n) is 4.34. The van der Waals surface area contributed by atoms with Gasteiger partial charge in [-0.1, -0.05) is 36.4 Å². The minimum Gasteiger partial charge on any atom is -0.493 e. The summed E-state index contributed by atoms with van der Waals surface area (Å²) in [6, 6.07) is 18.2. The first-order chi connectivity index (χ1) is 12.3. The van der Waals surface area contributed by atoms with Crippen LogP contribution >= 0.6 is 0 Å². The zero-order valence-corrected chi connectivity index (χ0v) is 14.1. The van der Waals surface area contributed by atoms with Crippen LogP contribution in [0.5, 0.6) is 11.5 Å². The van der Waals surface area contributed by atoms with Crippen molar-refractivity contribution in [2.75, 3.05) is 14.2 Å². The smallest absolute Gasteiger partial charge is 0.161 e. The average Bonchev–Trinajstić information content (AvgIpc) is 3.17. The SMILES string of the molecule is COc1ccc(-c2cnc(-c3ccccc3)c3cc[nH]c23)cc1OC. The van der Waals surface area contributed by atoms with Crippen LogP contribution in [0.1, 0.15) is 0 Å². The molecule has 0 atom stereocenters. The van der Waals surface area contributed by atoms with Crippen LogP contribution in [0.2, 0.25) is 0 Å². The van der Waals surface area contributed by atoms with Crippen molar-refractivity contribution in [1.82, 2.24) is 9.97 Å².